The number of carbonyl (C=O) groups is 11. The summed E-state index contributed by atoms with van der Waals surface area (Å²) in [6.45, 7) is 4.48. The monoisotopic (exact) mass is 1530 g/mol. The quantitative estimate of drug-likeness (QED) is 0.0102. The van der Waals surface area contributed by atoms with Gasteiger partial charge < -0.3 is 75.2 Å². The predicted molar refractivity (Wildman–Crippen MR) is 376 cm³/mol. The van der Waals surface area contributed by atoms with Crippen LogP contribution in [0.25, 0.3) is 10.8 Å². The molecule has 107 heavy (non-hydrogen) atoms. The van der Waals surface area contributed by atoms with E-state index in [1.165, 1.54) is 36.2 Å². The first-order valence-electron chi connectivity index (χ1n) is 35.0. The number of anilines is 3. The Balaban J connectivity index is 0.000000938. The van der Waals surface area contributed by atoms with Crippen molar-refractivity contribution in [1.29, 1.82) is 0 Å². The summed E-state index contributed by atoms with van der Waals surface area (Å²) >= 11 is 6.57. The van der Waals surface area contributed by atoms with Gasteiger partial charge in [0.2, 0.25) is 23.6 Å². The van der Waals surface area contributed by atoms with Crippen LogP contribution in [0.1, 0.15) is 124 Å². The Kier molecular flexibility index (Phi) is 29.1. The van der Waals surface area contributed by atoms with Crippen LogP contribution in [-0.4, -0.2) is 219 Å². The molecule has 4 aromatic rings. The van der Waals surface area contributed by atoms with E-state index in [1.54, 1.807) is 57.2 Å². The van der Waals surface area contributed by atoms with Gasteiger partial charge in [-0.25, -0.2) is 24.1 Å². The number of rotatable bonds is 28. The number of ether oxygens (including phenoxy) is 5. The van der Waals surface area contributed by atoms with Gasteiger partial charge in [0.1, 0.15) is 23.8 Å². The van der Waals surface area contributed by atoms with Crippen LogP contribution in [0.2, 0.25) is 0 Å². The maximum atomic E-state index is 14.6. The van der Waals surface area contributed by atoms with Gasteiger partial charge in [-0.2, -0.15) is 26.3 Å². The van der Waals surface area contributed by atoms with E-state index in [-0.39, 0.29) is 84.9 Å². The fraction of sp³-hybridized carbons (Fsp3) is 0.514. The van der Waals surface area contributed by atoms with Crippen LogP contribution in [-0.2, 0) is 54.4 Å². The highest BCUT2D eigenvalue weighted by Crippen LogP contribution is 2.47. The molecule has 28 nitrogen and oxygen atoms in total. The number of unbranched alkanes of at least 4 members (excludes halogenated alkanes) is 5. The SMILES string of the molecule is COc1cc2c(cc1OCCCCCC(=O)N1C[C@@H](CCl)c3c1cc(OC(=O)N1CCN(C)CC1)c1ccccc31)N(C(=O)OCc1ccc(NC(=O)[C@H](CCCCN)NC(=O)C3(C(=O)NCCCCCN4C(=O)C=CC4=O)CCC3)cc1)C(OC)[C@@H]1CCCN1C2=O.O=C(O)C(F)(F)F.O=C(O)C(F)(F)F. The summed E-state index contributed by atoms with van der Waals surface area (Å²) in [5, 5.41) is 24.6. The molecule has 582 valence electrons. The van der Waals surface area contributed by atoms with Crippen molar-refractivity contribution in [2.24, 2.45) is 11.1 Å². The van der Waals surface area contributed by atoms with E-state index in [4.69, 9.17) is 60.8 Å². The van der Waals surface area contributed by atoms with Crippen LogP contribution in [0, 0.1) is 5.41 Å². The first kappa shape index (κ1) is 82.8. The molecule has 0 spiro atoms. The predicted octanol–water partition coefficient (Wildman–Crippen LogP) is 8.84. The summed E-state index contributed by atoms with van der Waals surface area (Å²) in [4.78, 5) is 149. The number of alkyl halides is 7. The number of carboxylic acids is 2. The molecule has 7 N–H and O–H groups in total. The second-order valence-corrected chi connectivity index (χ2v) is 26.6. The molecular weight excluding hydrogens is 1440 g/mol. The molecule has 5 heterocycles. The molecule has 1 saturated carbocycles. The number of amides is 9. The Morgan fingerprint density at radius 1 is 0.729 bits per heavy atom. The number of fused-ring (bicyclic) bond motifs is 5. The number of nitrogens with one attached hydrogen (secondary N) is 3. The number of nitrogens with zero attached hydrogens (tertiary/aromatic N) is 6. The van der Waals surface area contributed by atoms with Crippen molar-refractivity contribution in [3.8, 4) is 17.2 Å². The van der Waals surface area contributed by atoms with E-state index in [2.05, 4.69) is 20.9 Å². The number of halogens is 7. The van der Waals surface area contributed by atoms with E-state index in [0.29, 0.717) is 151 Å². The van der Waals surface area contributed by atoms with Crippen molar-refractivity contribution in [2.45, 2.75) is 140 Å². The number of hydrogen-bond acceptors (Lipinski definition) is 18. The van der Waals surface area contributed by atoms with Gasteiger partial charge in [0.25, 0.3) is 17.7 Å². The van der Waals surface area contributed by atoms with Crippen LogP contribution in [0.4, 0.5) is 53.0 Å². The minimum Gasteiger partial charge on any atom is -0.493 e. The third-order valence-corrected chi connectivity index (χ3v) is 19.6. The maximum absolute atomic E-state index is 14.6. The van der Waals surface area contributed by atoms with Crippen LogP contribution < -0.4 is 45.7 Å². The summed E-state index contributed by atoms with van der Waals surface area (Å²) in [5.41, 5.74) is 7.53. The Labute approximate surface area is 617 Å². The standard InChI is InChI=1S/C68H85ClN10O14.2C2HF3O2/c1-74-33-35-75(36-34-74)66(87)93-54-40-53-60(48-17-8-7-16-47(48)54)45(41-69)42-78(53)57(80)20-6-4-13-37-91-56-39-52-49(38-55(56)89-2)62(84)76-32-14-19-51(76)63(90-3)79(52)67(88)92-43-44-21-23-46(24-22-44)72-61(83)50(18-9-10-29-70)73-65(86)68(27-15-28-68)64(85)71-30-11-5-12-31-77-58(81)25-26-59(77)82;2*3-2(4,5)1(6)7/h7-8,16-17,21-26,38-40,45,50-51,63H,4-6,9-15,18-20,27-37,41-43,70H2,1-3H3,(H,71,85)(H,72,83)(H,73,86);2*(H,6,7)/t45-,50+,51+,63?;;/m1../s1. The number of carboxylic acid groups (broad SMARTS) is 2. The number of likely N-dealkylation sites (N-methyl/N-ethyl adjacent to an activating group) is 1. The molecule has 1 aliphatic carbocycles. The molecule has 5 aliphatic heterocycles. The zero-order valence-electron chi connectivity index (χ0n) is 59.2. The fourth-order valence-electron chi connectivity index (χ4n) is 13.2. The first-order valence-corrected chi connectivity index (χ1v) is 35.5. The molecule has 0 radical (unpaired) electrons. The lowest BCUT2D eigenvalue weighted by Crippen LogP contribution is -2.58. The van der Waals surface area contributed by atoms with Crippen LogP contribution in [0.5, 0.6) is 17.2 Å². The van der Waals surface area contributed by atoms with E-state index in [0.717, 1.165) is 29.4 Å². The van der Waals surface area contributed by atoms with Gasteiger partial charge in [-0.05, 0) is 132 Å². The number of carbonyl (C=O) groups excluding carboxylic acids is 9. The normalized spacial score (nSPS) is 18.3. The lowest BCUT2D eigenvalue weighted by molar-refractivity contribution is -0.193. The number of piperazine rings is 1. The zero-order valence-corrected chi connectivity index (χ0v) is 60.0. The summed E-state index contributed by atoms with van der Waals surface area (Å²) in [6.07, 6.45) is -1.96. The third-order valence-electron chi connectivity index (χ3n) is 19.2. The maximum Gasteiger partial charge on any atom is 0.490 e. The van der Waals surface area contributed by atoms with Crippen molar-refractivity contribution in [3.63, 3.8) is 0 Å². The molecule has 0 bridgehead atoms. The van der Waals surface area contributed by atoms with Crippen molar-refractivity contribution >= 4 is 105 Å². The lowest BCUT2D eigenvalue weighted by atomic mass is 9.67. The lowest BCUT2D eigenvalue weighted by Gasteiger charge is -2.39. The van der Waals surface area contributed by atoms with Crippen LogP contribution in [0.3, 0.4) is 0 Å². The van der Waals surface area contributed by atoms with Gasteiger partial charge in [-0.3, -0.25) is 38.5 Å². The molecule has 35 heteroatoms. The van der Waals surface area contributed by atoms with Crippen molar-refractivity contribution in [2.75, 3.05) is 108 Å². The van der Waals surface area contributed by atoms with Crippen LogP contribution in [0.15, 0.2) is 78.9 Å². The topological polar surface area (TPSA) is 356 Å². The van der Waals surface area contributed by atoms with Crippen molar-refractivity contribution in [1.82, 2.24) is 30.2 Å². The van der Waals surface area contributed by atoms with Gasteiger partial charge >= 0.3 is 36.5 Å². The zero-order chi connectivity index (χ0) is 77.9. The Morgan fingerprint density at radius 3 is 1.98 bits per heavy atom. The smallest absolute Gasteiger partial charge is 0.490 e. The van der Waals surface area contributed by atoms with E-state index < -0.39 is 77.9 Å². The molecule has 4 aromatic carbocycles. The van der Waals surface area contributed by atoms with Gasteiger partial charge in [0.05, 0.1) is 36.7 Å². The van der Waals surface area contributed by atoms with E-state index in [1.807, 2.05) is 31.3 Å². The minimum atomic E-state index is -5.08. The molecule has 2 saturated heterocycles. The average Bonchev–Trinajstić information content (AvgIpc) is 1.64. The third kappa shape index (κ3) is 20.9. The molecule has 10 rings (SSSR count). The van der Waals surface area contributed by atoms with Crippen LogP contribution >= 0.6 is 11.6 Å². The van der Waals surface area contributed by atoms with Gasteiger partial charge in [-0.1, -0.05) is 42.8 Å². The highest BCUT2D eigenvalue weighted by Gasteiger charge is 2.52. The van der Waals surface area contributed by atoms with Gasteiger partial charge in [0, 0.05) is 113 Å². The summed E-state index contributed by atoms with van der Waals surface area (Å²) < 4.78 is 93.8. The molecule has 3 fully saturated rings. The number of methoxy groups -OCH3 is 2. The number of nitrogens with two attached hydrogens (primary N) is 1. The average molecular weight is 1530 g/mol. The van der Waals surface area contributed by atoms with E-state index in [9.17, 15) is 69.5 Å². The number of imide groups is 1. The first-order chi connectivity index (χ1) is 51.0. The Morgan fingerprint density at radius 2 is 1.37 bits per heavy atom. The molecule has 4 atom stereocenters. The summed E-state index contributed by atoms with van der Waals surface area (Å²) in [6, 6.07) is 17.9. The Hall–Kier alpha value is -9.80. The van der Waals surface area contributed by atoms with Crippen molar-refractivity contribution in [3.05, 3.63) is 95.6 Å². The summed E-state index contributed by atoms with van der Waals surface area (Å²) in [5.74, 6) is -6.82. The highest BCUT2D eigenvalue weighted by molar-refractivity contribution is 6.19. The second kappa shape index (κ2) is 37.6. The van der Waals surface area contributed by atoms with Gasteiger partial charge in [-0.15, -0.1) is 11.6 Å². The number of aliphatic carboxylic acids is 2. The molecule has 9 amide bonds. The molecular formula is C72H87ClF6N10O18. The minimum absolute atomic E-state index is 0.0741. The van der Waals surface area contributed by atoms with E-state index >= 15 is 0 Å². The molecule has 1 unspecified atom stereocenters. The highest BCUT2D eigenvalue weighted by atomic mass is 35.5. The molecule has 6 aliphatic rings. The van der Waals surface area contributed by atoms with Crippen molar-refractivity contribution < 1.29 is 113 Å². The second-order valence-electron chi connectivity index (χ2n) is 26.3. The van der Waals surface area contributed by atoms with Gasteiger partial charge in [0.15, 0.2) is 17.7 Å². The molecule has 0 aromatic heterocycles. The largest absolute Gasteiger partial charge is 0.493 e. The number of benzene rings is 4. The fourth-order valence-corrected chi connectivity index (χ4v) is 13.5. The summed E-state index contributed by atoms with van der Waals surface area (Å²) in [7, 11) is 4.98. The Bertz CT molecular complexity index is 3890. The number of hydrogen-bond donors (Lipinski definition) is 6.